The van der Waals surface area contributed by atoms with Crippen molar-refractivity contribution in [3.8, 4) is 6.07 Å². The second-order valence-corrected chi connectivity index (χ2v) is 9.67. The van der Waals surface area contributed by atoms with Crippen LogP contribution in [0.3, 0.4) is 0 Å². The number of halogens is 3. The summed E-state index contributed by atoms with van der Waals surface area (Å²) in [7, 11) is 0. The molecule has 10 heteroatoms. The molecule has 0 saturated carbocycles. The molecule has 38 heavy (non-hydrogen) atoms. The Balaban J connectivity index is 1.35. The number of benzene rings is 2. The van der Waals surface area contributed by atoms with Gasteiger partial charge >= 0.3 is 0 Å². The number of aromatic nitrogens is 2. The first-order valence-electron chi connectivity index (χ1n) is 12.6. The maximum Gasteiger partial charge on any atom is 0.228 e. The maximum absolute atomic E-state index is 14.9. The van der Waals surface area contributed by atoms with Gasteiger partial charge in [0.05, 0.1) is 5.92 Å². The standard InChI is InChI=1S/C28H27F3N6O/c29-18-7-9-20(25(31)14-18)22-16-37(27-10-8-19(15-32)34-35-27)17-23(22)28(38)36-12-3-6-26(33-11-13-36)21-4-1-2-5-24(21)30/h1-2,4-5,7-10,14,22-23,26,33H,3,6,11-13,16-17H2/t22-,23+,26?/m0/s1. The number of carbonyl (C=O) groups excluding carboxylic acids is 1. The van der Waals surface area contributed by atoms with Gasteiger partial charge in [-0.15, -0.1) is 10.2 Å². The van der Waals surface area contributed by atoms with Crippen molar-refractivity contribution < 1.29 is 18.0 Å². The van der Waals surface area contributed by atoms with Crippen molar-refractivity contribution in [2.45, 2.75) is 24.8 Å². The highest BCUT2D eigenvalue weighted by molar-refractivity contribution is 5.81. The maximum atomic E-state index is 14.9. The molecule has 1 amide bonds. The number of hydrogen-bond acceptors (Lipinski definition) is 6. The van der Waals surface area contributed by atoms with Gasteiger partial charge in [-0.05, 0) is 42.7 Å². The molecule has 0 bridgehead atoms. The lowest BCUT2D eigenvalue weighted by atomic mass is 9.87. The fraction of sp³-hybridized carbons (Fsp3) is 0.357. The van der Waals surface area contributed by atoms with E-state index in [4.69, 9.17) is 5.26 Å². The second kappa shape index (κ2) is 11.2. The lowest BCUT2D eigenvalue weighted by Crippen LogP contribution is -2.45. The van der Waals surface area contributed by atoms with Crippen LogP contribution >= 0.6 is 0 Å². The van der Waals surface area contributed by atoms with Gasteiger partial charge in [-0.25, -0.2) is 13.2 Å². The van der Waals surface area contributed by atoms with Gasteiger partial charge in [0.25, 0.3) is 0 Å². The van der Waals surface area contributed by atoms with E-state index < -0.39 is 23.5 Å². The molecule has 2 aromatic carbocycles. The summed E-state index contributed by atoms with van der Waals surface area (Å²) in [5.41, 5.74) is 1.07. The molecule has 7 nitrogen and oxygen atoms in total. The molecule has 3 aromatic rings. The zero-order chi connectivity index (χ0) is 26.6. The number of nitriles is 1. The van der Waals surface area contributed by atoms with Crippen LogP contribution in [0, 0.1) is 34.7 Å². The van der Waals surface area contributed by atoms with Gasteiger partial charge in [-0.1, -0.05) is 24.3 Å². The van der Waals surface area contributed by atoms with E-state index in [1.807, 2.05) is 17.0 Å². The normalized spacial score (nSPS) is 22.0. The zero-order valence-electron chi connectivity index (χ0n) is 20.7. The first-order valence-corrected chi connectivity index (χ1v) is 12.6. The van der Waals surface area contributed by atoms with Gasteiger partial charge < -0.3 is 15.1 Å². The van der Waals surface area contributed by atoms with Crippen molar-refractivity contribution in [2.75, 3.05) is 37.6 Å². The minimum atomic E-state index is -0.692. The van der Waals surface area contributed by atoms with Crippen molar-refractivity contribution in [3.05, 3.63) is 88.9 Å². The molecule has 3 atom stereocenters. The molecule has 0 radical (unpaired) electrons. The van der Waals surface area contributed by atoms with Crippen LogP contribution in [0.1, 0.15) is 41.6 Å². The van der Waals surface area contributed by atoms with E-state index in [-0.39, 0.29) is 35.6 Å². The highest BCUT2D eigenvalue weighted by Gasteiger charge is 2.42. The lowest BCUT2D eigenvalue weighted by Gasteiger charge is -2.32. The number of carbonyl (C=O) groups is 1. The molecule has 0 spiro atoms. The van der Waals surface area contributed by atoms with Crippen LogP contribution in [0.4, 0.5) is 19.0 Å². The van der Waals surface area contributed by atoms with Gasteiger partial charge in [0.2, 0.25) is 5.91 Å². The van der Waals surface area contributed by atoms with Crippen LogP contribution < -0.4 is 10.2 Å². The number of nitrogens with one attached hydrogen (secondary N) is 1. The summed E-state index contributed by atoms with van der Waals surface area (Å²) < 4.78 is 42.8. The van der Waals surface area contributed by atoms with E-state index in [1.54, 1.807) is 29.2 Å². The van der Waals surface area contributed by atoms with Gasteiger partial charge in [0.15, 0.2) is 11.5 Å². The average molecular weight is 521 g/mol. The average Bonchev–Trinajstić information content (AvgIpc) is 3.34. The predicted octanol–water partition coefficient (Wildman–Crippen LogP) is 3.94. The molecule has 0 aliphatic carbocycles. The molecular formula is C28H27F3N6O. The van der Waals surface area contributed by atoms with Gasteiger partial charge in [-0.2, -0.15) is 5.26 Å². The van der Waals surface area contributed by atoms with E-state index in [0.29, 0.717) is 50.4 Å². The Labute approximate surface area is 218 Å². The number of nitrogens with zero attached hydrogens (tertiary/aromatic N) is 5. The summed E-state index contributed by atoms with van der Waals surface area (Å²) >= 11 is 0. The molecule has 2 aliphatic heterocycles. The highest BCUT2D eigenvalue weighted by atomic mass is 19.1. The first kappa shape index (κ1) is 25.7. The number of rotatable bonds is 4. The fourth-order valence-corrected chi connectivity index (χ4v) is 5.46. The Morgan fingerprint density at radius 2 is 1.82 bits per heavy atom. The van der Waals surface area contributed by atoms with E-state index in [2.05, 4.69) is 15.5 Å². The molecular weight excluding hydrogens is 493 g/mol. The molecule has 196 valence electrons. The monoisotopic (exact) mass is 520 g/mol. The number of hydrogen-bond donors (Lipinski definition) is 1. The Morgan fingerprint density at radius 3 is 2.55 bits per heavy atom. The van der Waals surface area contributed by atoms with Crippen molar-refractivity contribution in [3.63, 3.8) is 0 Å². The number of anilines is 1. The largest absolute Gasteiger partial charge is 0.354 e. The quantitative estimate of drug-likeness (QED) is 0.561. The minimum absolute atomic E-state index is 0.117. The summed E-state index contributed by atoms with van der Waals surface area (Å²) in [6.07, 6.45) is 1.34. The van der Waals surface area contributed by atoms with Crippen molar-refractivity contribution in [1.29, 1.82) is 5.26 Å². The summed E-state index contributed by atoms with van der Waals surface area (Å²) in [4.78, 5) is 17.5. The van der Waals surface area contributed by atoms with Crippen LogP contribution in [0.5, 0.6) is 0 Å². The van der Waals surface area contributed by atoms with Crippen LogP contribution in [0.25, 0.3) is 0 Å². The molecule has 1 aromatic heterocycles. The third-order valence-electron chi connectivity index (χ3n) is 7.37. The Hall–Kier alpha value is -3.97. The lowest BCUT2D eigenvalue weighted by molar-refractivity contribution is -0.135. The Bertz CT molecular complexity index is 1340. The molecule has 2 aliphatic rings. The van der Waals surface area contributed by atoms with E-state index in [1.165, 1.54) is 18.2 Å². The van der Waals surface area contributed by atoms with E-state index in [9.17, 15) is 18.0 Å². The SMILES string of the molecule is N#Cc1ccc(N2C[C@@H](C(=O)N3CCCC(c4ccccc4F)NCC3)[C@H](c3ccc(F)cc3F)C2)nn1. The molecule has 2 saturated heterocycles. The van der Waals surface area contributed by atoms with Gasteiger partial charge in [0, 0.05) is 56.3 Å². The summed E-state index contributed by atoms with van der Waals surface area (Å²) in [6, 6.07) is 15.1. The minimum Gasteiger partial charge on any atom is -0.354 e. The molecule has 3 heterocycles. The smallest absolute Gasteiger partial charge is 0.228 e. The fourth-order valence-electron chi connectivity index (χ4n) is 5.46. The first-order chi connectivity index (χ1) is 18.4. The summed E-state index contributed by atoms with van der Waals surface area (Å²) in [5, 5.41) is 20.4. The molecule has 1 unspecified atom stereocenters. The highest BCUT2D eigenvalue weighted by Crippen LogP contribution is 2.37. The predicted molar refractivity (Wildman–Crippen MR) is 135 cm³/mol. The molecule has 1 N–H and O–H groups in total. The summed E-state index contributed by atoms with van der Waals surface area (Å²) in [5.74, 6) is -2.37. The van der Waals surface area contributed by atoms with Gasteiger partial charge in [0.1, 0.15) is 23.5 Å². The zero-order valence-corrected chi connectivity index (χ0v) is 20.7. The molecule has 2 fully saturated rings. The van der Waals surface area contributed by atoms with E-state index >= 15 is 0 Å². The third kappa shape index (κ3) is 5.34. The Morgan fingerprint density at radius 1 is 0.974 bits per heavy atom. The van der Waals surface area contributed by atoms with Crippen molar-refractivity contribution in [1.82, 2.24) is 20.4 Å². The van der Waals surface area contributed by atoms with Crippen LogP contribution in [-0.4, -0.2) is 53.7 Å². The second-order valence-electron chi connectivity index (χ2n) is 9.67. The Kier molecular flexibility index (Phi) is 7.56. The topological polar surface area (TPSA) is 85.2 Å². The van der Waals surface area contributed by atoms with Crippen molar-refractivity contribution >= 4 is 11.7 Å². The van der Waals surface area contributed by atoms with Crippen molar-refractivity contribution in [2.24, 2.45) is 5.92 Å². The molecule has 5 rings (SSSR count). The third-order valence-corrected chi connectivity index (χ3v) is 7.37. The van der Waals surface area contributed by atoms with Crippen LogP contribution in [-0.2, 0) is 4.79 Å². The van der Waals surface area contributed by atoms with Gasteiger partial charge in [-0.3, -0.25) is 4.79 Å². The number of amides is 1. The summed E-state index contributed by atoms with van der Waals surface area (Å²) in [6.45, 7) is 1.98. The van der Waals surface area contributed by atoms with Crippen LogP contribution in [0.15, 0.2) is 54.6 Å². The van der Waals surface area contributed by atoms with E-state index in [0.717, 1.165) is 6.07 Å². The van der Waals surface area contributed by atoms with Crippen LogP contribution in [0.2, 0.25) is 0 Å².